The second kappa shape index (κ2) is 7.83. The lowest BCUT2D eigenvalue weighted by Crippen LogP contribution is -2.32. The number of carbonyl (C=O) groups excluding carboxylic acids is 1. The Balaban J connectivity index is 2.82. The molecular formula is C15H19ClFNO3S. The molecule has 1 aromatic carbocycles. The number of amides is 1. The molecule has 0 bridgehead atoms. The van der Waals surface area contributed by atoms with Crippen molar-refractivity contribution >= 4 is 35.2 Å². The van der Waals surface area contributed by atoms with E-state index < -0.39 is 17.8 Å². The Bertz CT molecular complexity index is 560. The Morgan fingerprint density at radius 3 is 2.55 bits per heavy atom. The second-order valence-electron chi connectivity index (χ2n) is 5.79. The number of aliphatic carboxylic acids is 1. The van der Waals surface area contributed by atoms with Gasteiger partial charge in [0.1, 0.15) is 5.82 Å². The Morgan fingerprint density at radius 2 is 2.05 bits per heavy atom. The molecule has 0 saturated heterocycles. The summed E-state index contributed by atoms with van der Waals surface area (Å²) < 4.78 is 13.4. The van der Waals surface area contributed by atoms with Gasteiger partial charge >= 0.3 is 5.97 Å². The van der Waals surface area contributed by atoms with Crippen molar-refractivity contribution < 1.29 is 19.1 Å². The van der Waals surface area contributed by atoms with Gasteiger partial charge in [0.2, 0.25) is 5.91 Å². The summed E-state index contributed by atoms with van der Waals surface area (Å²) in [4.78, 5) is 22.9. The topological polar surface area (TPSA) is 66.4 Å². The van der Waals surface area contributed by atoms with E-state index in [9.17, 15) is 14.0 Å². The summed E-state index contributed by atoms with van der Waals surface area (Å²) in [6.45, 7) is 5.94. The maximum absolute atomic E-state index is 13.5. The van der Waals surface area contributed by atoms with Gasteiger partial charge in [-0.2, -0.15) is 0 Å². The molecule has 1 atom stereocenters. The number of nitrogens with one attached hydrogen (secondary N) is 1. The minimum atomic E-state index is -1.08. The van der Waals surface area contributed by atoms with Crippen molar-refractivity contribution in [3.8, 4) is 0 Å². The van der Waals surface area contributed by atoms with Crippen molar-refractivity contribution in [3.63, 3.8) is 0 Å². The fourth-order valence-electron chi connectivity index (χ4n) is 1.67. The van der Waals surface area contributed by atoms with Gasteiger partial charge in [-0.3, -0.25) is 9.59 Å². The van der Waals surface area contributed by atoms with Gasteiger partial charge in [-0.15, -0.1) is 11.8 Å². The number of carbonyl (C=O) groups is 2. The summed E-state index contributed by atoms with van der Waals surface area (Å²) in [5.41, 5.74) is 0.374. The molecule has 0 aliphatic rings. The van der Waals surface area contributed by atoms with Gasteiger partial charge in [0, 0.05) is 4.75 Å². The number of rotatable bonds is 6. The highest BCUT2D eigenvalue weighted by atomic mass is 35.5. The van der Waals surface area contributed by atoms with Crippen LogP contribution in [0.5, 0.6) is 0 Å². The van der Waals surface area contributed by atoms with E-state index in [1.807, 2.05) is 20.8 Å². The Morgan fingerprint density at radius 1 is 1.41 bits per heavy atom. The fourth-order valence-corrected chi connectivity index (χ4v) is 2.44. The van der Waals surface area contributed by atoms with Gasteiger partial charge in [0.25, 0.3) is 0 Å². The summed E-state index contributed by atoms with van der Waals surface area (Å²) in [5.74, 6) is -1.81. The zero-order valence-corrected chi connectivity index (χ0v) is 14.2. The molecule has 1 aromatic rings. The quantitative estimate of drug-likeness (QED) is 0.824. The molecule has 0 saturated carbocycles. The van der Waals surface area contributed by atoms with E-state index in [2.05, 4.69) is 5.32 Å². The minimum Gasteiger partial charge on any atom is -0.481 e. The van der Waals surface area contributed by atoms with Gasteiger partial charge in [-0.05, 0) is 17.7 Å². The molecule has 0 heterocycles. The van der Waals surface area contributed by atoms with Crippen LogP contribution in [0.4, 0.5) is 4.39 Å². The van der Waals surface area contributed by atoms with Gasteiger partial charge in [-0.25, -0.2) is 4.39 Å². The molecule has 0 fully saturated rings. The Hall–Kier alpha value is -1.27. The van der Waals surface area contributed by atoms with Gasteiger partial charge in [-0.1, -0.05) is 38.4 Å². The standard InChI is InChI=1S/C15H19ClFNO3S/c1-15(2,3)22-8-13(19)18-12(7-14(20)21)9-4-5-10(16)11(17)6-9/h4-6,12H,7-8H2,1-3H3,(H,18,19)(H,20,21). The minimum absolute atomic E-state index is 0.0487. The highest BCUT2D eigenvalue weighted by molar-refractivity contribution is 8.01. The van der Waals surface area contributed by atoms with Crippen molar-refractivity contribution in [3.05, 3.63) is 34.6 Å². The summed E-state index contributed by atoms with van der Waals surface area (Å²) in [5, 5.41) is 11.5. The predicted molar refractivity (Wildman–Crippen MR) is 86.8 cm³/mol. The smallest absolute Gasteiger partial charge is 0.305 e. The Kier molecular flexibility index (Phi) is 6.68. The lowest BCUT2D eigenvalue weighted by Gasteiger charge is -2.20. The number of carboxylic acids is 1. The lowest BCUT2D eigenvalue weighted by atomic mass is 10.0. The van der Waals surface area contributed by atoms with Gasteiger partial charge < -0.3 is 10.4 Å². The molecule has 1 rings (SSSR count). The van der Waals surface area contributed by atoms with E-state index in [1.165, 1.54) is 23.9 Å². The highest BCUT2D eigenvalue weighted by Crippen LogP contribution is 2.25. The first kappa shape index (κ1) is 18.8. The van der Waals surface area contributed by atoms with E-state index in [4.69, 9.17) is 16.7 Å². The van der Waals surface area contributed by atoms with Crippen LogP contribution < -0.4 is 5.32 Å². The number of hydrogen-bond donors (Lipinski definition) is 2. The molecule has 4 nitrogen and oxygen atoms in total. The molecule has 0 aliphatic heterocycles. The monoisotopic (exact) mass is 347 g/mol. The van der Waals surface area contributed by atoms with Crippen LogP contribution >= 0.6 is 23.4 Å². The van der Waals surface area contributed by atoms with E-state index in [0.717, 1.165) is 6.07 Å². The molecule has 22 heavy (non-hydrogen) atoms. The molecule has 0 aliphatic carbocycles. The molecule has 0 spiro atoms. The third-order valence-electron chi connectivity index (χ3n) is 2.70. The first-order valence-corrected chi connectivity index (χ1v) is 8.05. The molecule has 7 heteroatoms. The van der Waals surface area contributed by atoms with Crippen LogP contribution in [0.15, 0.2) is 18.2 Å². The first-order valence-electron chi connectivity index (χ1n) is 6.68. The van der Waals surface area contributed by atoms with Gasteiger partial charge in [0.05, 0.1) is 23.2 Å². The number of benzene rings is 1. The third kappa shape index (κ3) is 6.66. The molecule has 1 unspecified atom stereocenters. The van der Waals surface area contributed by atoms with Crippen LogP contribution in [0.3, 0.4) is 0 Å². The van der Waals surface area contributed by atoms with Crippen LogP contribution in [0.25, 0.3) is 0 Å². The van der Waals surface area contributed by atoms with Crippen molar-refractivity contribution in [2.45, 2.75) is 38.0 Å². The second-order valence-corrected chi connectivity index (χ2v) is 8.00. The normalized spacial score (nSPS) is 12.8. The van der Waals surface area contributed by atoms with Gasteiger partial charge in [0.15, 0.2) is 0 Å². The average molecular weight is 348 g/mol. The summed E-state index contributed by atoms with van der Waals surface area (Å²) in [6.07, 6.45) is -0.326. The van der Waals surface area contributed by atoms with Crippen molar-refractivity contribution in [1.82, 2.24) is 5.32 Å². The number of carboxylic acid groups (broad SMARTS) is 1. The summed E-state index contributed by atoms with van der Waals surface area (Å²) in [6, 6.07) is 3.21. The van der Waals surface area contributed by atoms with Crippen LogP contribution in [0.2, 0.25) is 5.02 Å². The molecule has 0 aromatic heterocycles. The molecule has 0 radical (unpaired) electrons. The predicted octanol–water partition coefficient (Wildman–Crippen LogP) is 3.64. The largest absolute Gasteiger partial charge is 0.481 e. The van der Waals surface area contributed by atoms with Crippen molar-refractivity contribution in [2.75, 3.05) is 5.75 Å². The van der Waals surface area contributed by atoms with Crippen molar-refractivity contribution in [2.24, 2.45) is 0 Å². The van der Waals surface area contributed by atoms with E-state index in [0.29, 0.717) is 5.56 Å². The maximum atomic E-state index is 13.5. The molecule has 2 N–H and O–H groups in total. The van der Waals surface area contributed by atoms with Crippen LogP contribution in [0.1, 0.15) is 38.8 Å². The number of hydrogen-bond acceptors (Lipinski definition) is 3. The summed E-state index contributed by atoms with van der Waals surface area (Å²) in [7, 11) is 0. The van der Waals surface area contributed by atoms with E-state index >= 15 is 0 Å². The molecule has 122 valence electrons. The molecular weight excluding hydrogens is 329 g/mol. The zero-order valence-electron chi connectivity index (χ0n) is 12.7. The van der Waals surface area contributed by atoms with Crippen molar-refractivity contribution in [1.29, 1.82) is 0 Å². The van der Waals surface area contributed by atoms with Crippen LogP contribution in [-0.2, 0) is 9.59 Å². The average Bonchev–Trinajstić information content (AvgIpc) is 2.37. The first-order chi connectivity index (χ1) is 10.1. The third-order valence-corrected chi connectivity index (χ3v) is 4.28. The maximum Gasteiger partial charge on any atom is 0.305 e. The summed E-state index contributed by atoms with van der Waals surface area (Å²) >= 11 is 7.06. The molecule has 1 amide bonds. The van der Waals surface area contributed by atoms with E-state index in [-0.39, 0.29) is 27.9 Å². The zero-order chi connectivity index (χ0) is 16.9. The Labute approximate surface area is 138 Å². The highest BCUT2D eigenvalue weighted by Gasteiger charge is 2.20. The lowest BCUT2D eigenvalue weighted by molar-refractivity contribution is -0.137. The fraction of sp³-hybridized carbons (Fsp3) is 0.467. The van der Waals surface area contributed by atoms with E-state index in [1.54, 1.807) is 0 Å². The number of thioether (sulfide) groups is 1. The van der Waals surface area contributed by atoms with Crippen LogP contribution in [0, 0.1) is 5.82 Å². The number of halogens is 2. The SMILES string of the molecule is CC(C)(C)SCC(=O)NC(CC(=O)O)c1ccc(Cl)c(F)c1. The van der Waals surface area contributed by atoms with Crippen LogP contribution in [-0.4, -0.2) is 27.5 Å².